The molecule has 0 radical (unpaired) electrons. The van der Waals surface area contributed by atoms with Gasteiger partial charge in [0.15, 0.2) is 0 Å². The van der Waals surface area contributed by atoms with Crippen molar-refractivity contribution < 1.29 is 19.0 Å². The smallest absolute Gasteiger partial charge is 0.335 e. The van der Waals surface area contributed by atoms with Crippen LogP contribution < -0.4 is 9.64 Å². The third-order valence-electron chi connectivity index (χ3n) is 3.20. The van der Waals surface area contributed by atoms with Gasteiger partial charge in [-0.3, -0.25) is 0 Å². The van der Waals surface area contributed by atoms with Gasteiger partial charge in [0.1, 0.15) is 11.6 Å². The summed E-state index contributed by atoms with van der Waals surface area (Å²) in [5, 5.41) is 8.98. The Morgan fingerprint density at radius 2 is 2.00 bits per heavy atom. The molecule has 2 aromatic carbocycles. The maximum Gasteiger partial charge on any atom is 0.335 e. The molecular weight excluding hydrogens is 273 g/mol. The number of carbonyl (C=O) groups is 1. The number of benzene rings is 2. The van der Waals surface area contributed by atoms with Gasteiger partial charge in [0.05, 0.1) is 18.4 Å². The number of carboxylic acid groups (broad SMARTS) is 1. The molecule has 0 heterocycles. The van der Waals surface area contributed by atoms with Gasteiger partial charge in [0, 0.05) is 19.2 Å². The van der Waals surface area contributed by atoms with Crippen LogP contribution in [0.15, 0.2) is 42.5 Å². The topological polar surface area (TPSA) is 49.8 Å². The second kappa shape index (κ2) is 6.26. The van der Waals surface area contributed by atoms with E-state index >= 15 is 0 Å². The zero-order chi connectivity index (χ0) is 15.4. The first-order valence-electron chi connectivity index (χ1n) is 6.39. The molecule has 5 heteroatoms. The molecule has 2 rings (SSSR count). The van der Waals surface area contributed by atoms with Crippen LogP contribution >= 0.6 is 0 Å². The zero-order valence-corrected chi connectivity index (χ0v) is 11.8. The summed E-state index contributed by atoms with van der Waals surface area (Å²) in [6, 6.07) is 11.2. The summed E-state index contributed by atoms with van der Waals surface area (Å²) in [7, 11) is 3.36. The van der Waals surface area contributed by atoms with E-state index in [1.807, 2.05) is 29.2 Å². The van der Waals surface area contributed by atoms with E-state index < -0.39 is 11.8 Å². The summed E-state index contributed by atoms with van der Waals surface area (Å²) in [4.78, 5) is 12.8. The van der Waals surface area contributed by atoms with Gasteiger partial charge in [-0.05, 0) is 30.3 Å². The van der Waals surface area contributed by atoms with Crippen molar-refractivity contribution in [2.24, 2.45) is 0 Å². The number of carboxylic acids is 1. The van der Waals surface area contributed by atoms with Crippen LogP contribution in [0.2, 0.25) is 0 Å². The quantitative estimate of drug-likeness (QED) is 0.918. The largest absolute Gasteiger partial charge is 0.495 e. The number of aromatic carboxylic acids is 1. The Kier molecular flexibility index (Phi) is 4.42. The van der Waals surface area contributed by atoms with Crippen molar-refractivity contribution in [2.45, 2.75) is 6.54 Å². The normalized spacial score (nSPS) is 10.2. The van der Waals surface area contributed by atoms with E-state index in [9.17, 15) is 9.18 Å². The average molecular weight is 289 g/mol. The predicted octanol–water partition coefficient (Wildman–Crippen LogP) is 3.17. The van der Waals surface area contributed by atoms with Crippen LogP contribution in [0.3, 0.4) is 0 Å². The fraction of sp³-hybridized carbons (Fsp3) is 0.188. The molecule has 0 unspecified atom stereocenters. The lowest BCUT2D eigenvalue weighted by Crippen LogP contribution is -2.18. The third-order valence-corrected chi connectivity index (χ3v) is 3.20. The predicted molar refractivity (Wildman–Crippen MR) is 78.5 cm³/mol. The average Bonchev–Trinajstić information content (AvgIpc) is 2.49. The second-order valence-electron chi connectivity index (χ2n) is 4.64. The summed E-state index contributed by atoms with van der Waals surface area (Å²) < 4.78 is 19.1. The van der Waals surface area contributed by atoms with Crippen molar-refractivity contribution in [3.05, 3.63) is 59.4 Å². The van der Waals surface area contributed by atoms with Crippen LogP contribution in [0.25, 0.3) is 0 Å². The lowest BCUT2D eigenvalue weighted by atomic mass is 10.1. The van der Waals surface area contributed by atoms with Gasteiger partial charge in [-0.25, -0.2) is 9.18 Å². The number of anilines is 1. The van der Waals surface area contributed by atoms with Gasteiger partial charge in [-0.2, -0.15) is 0 Å². The van der Waals surface area contributed by atoms with Crippen molar-refractivity contribution in [1.82, 2.24) is 0 Å². The van der Waals surface area contributed by atoms with Crippen LogP contribution in [-0.4, -0.2) is 25.2 Å². The number of rotatable bonds is 5. The molecule has 21 heavy (non-hydrogen) atoms. The Morgan fingerprint density at radius 1 is 1.29 bits per heavy atom. The number of hydrogen-bond acceptors (Lipinski definition) is 3. The number of nitrogens with zero attached hydrogens (tertiary/aromatic N) is 1. The Hall–Kier alpha value is -2.56. The van der Waals surface area contributed by atoms with Crippen LogP contribution in [0.4, 0.5) is 10.1 Å². The van der Waals surface area contributed by atoms with Gasteiger partial charge in [0.2, 0.25) is 0 Å². The first kappa shape index (κ1) is 14.8. The molecular formula is C16H16FNO3. The van der Waals surface area contributed by atoms with E-state index in [0.717, 1.165) is 5.69 Å². The minimum Gasteiger partial charge on any atom is -0.495 e. The summed E-state index contributed by atoms with van der Waals surface area (Å²) in [6.07, 6.45) is 0. The second-order valence-corrected chi connectivity index (χ2v) is 4.64. The molecule has 0 aromatic heterocycles. The maximum atomic E-state index is 13.8. The van der Waals surface area contributed by atoms with Gasteiger partial charge < -0.3 is 14.7 Å². The van der Waals surface area contributed by atoms with Crippen molar-refractivity contribution in [3.8, 4) is 5.75 Å². The molecule has 0 saturated heterocycles. The van der Waals surface area contributed by atoms with Crippen molar-refractivity contribution in [3.63, 3.8) is 0 Å². The molecule has 0 amide bonds. The molecule has 2 aromatic rings. The lowest BCUT2D eigenvalue weighted by Gasteiger charge is -2.22. The zero-order valence-electron chi connectivity index (χ0n) is 11.8. The summed E-state index contributed by atoms with van der Waals surface area (Å²) >= 11 is 0. The highest BCUT2D eigenvalue weighted by Gasteiger charge is 2.13. The van der Waals surface area contributed by atoms with E-state index in [2.05, 4.69) is 0 Å². The minimum absolute atomic E-state index is 0.0693. The molecule has 0 spiro atoms. The molecule has 0 aliphatic rings. The molecule has 110 valence electrons. The molecule has 0 aliphatic heterocycles. The molecule has 0 saturated carbocycles. The monoisotopic (exact) mass is 289 g/mol. The fourth-order valence-electron chi connectivity index (χ4n) is 2.11. The standard InChI is InChI=1S/C16H16FNO3/c1-18(14-5-3-4-6-15(14)21-2)10-12-9-11(16(19)20)7-8-13(12)17/h3-9H,10H2,1-2H3,(H,19,20). The first-order chi connectivity index (χ1) is 10.0. The number of halogens is 1. The van der Waals surface area contributed by atoms with Crippen molar-refractivity contribution >= 4 is 11.7 Å². The maximum absolute atomic E-state index is 13.8. The Morgan fingerprint density at radius 3 is 2.67 bits per heavy atom. The first-order valence-corrected chi connectivity index (χ1v) is 6.39. The highest BCUT2D eigenvalue weighted by molar-refractivity contribution is 5.87. The molecule has 0 atom stereocenters. The van der Waals surface area contributed by atoms with E-state index in [4.69, 9.17) is 9.84 Å². The molecule has 4 nitrogen and oxygen atoms in total. The Bertz CT molecular complexity index is 658. The van der Waals surface area contributed by atoms with E-state index in [-0.39, 0.29) is 12.1 Å². The lowest BCUT2D eigenvalue weighted by molar-refractivity contribution is 0.0696. The van der Waals surface area contributed by atoms with Crippen LogP contribution in [-0.2, 0) is 6.54 Å². The molecule has 0 bridgehead atoms. The number of methoxy groups -OCH3 is 1. The summed E-state index contributed by atoms with van der Waals surface area (Å²) in [5.41, 5.74) is 1.20. The highest BCUT2D eigenvalue weighted by atomic mass is 19.1. The number of ether oxygens (including phenoxy) is 1. The highest BCUT2D eigenvalue weighted by Crippen LogP contribution is 2.28. The molecule has 1 N–H and O–H groups in total. The fourth-order valence-corrected chi connectivity index (χ4v) is 2.11. The molecule has 0 fully saturated rings. The SMILES string of the molecule is COc1ccccc1N(C)Cc1cc(C(=O)O)ccc1F. The van der Waals surface area contributed by atoms with Gasteiger partial charge in [-0.1, -0.05) is 12.1 Å². The number of hydrogen-bond donors (Lipinski definition) is 1. The third kappa shape index (κ3) is 3.31. The summed E-state index contributed by atoms with van der Waals surface area (Å²) in [6.45, 7) is 0.243. The van der Waals surface area contributed by atoms with Crippen LogP contribution in [0, 0.1) is 5.82 Å². The summed E-state index contributed by atoms with van der Waals surface area (Å²) in [5.74, 6) is -0.826. The van der Waals surface area contributed by atoms with Crippen LogP contribution in [0.1, 0.15) is 15.9 Å². The van der Waals surface area contributed by atoms with Crippen molar-refractivity contribution in [2.75, 3.05) is 19.1 Å². The van der Waals surface area contributed by atoms with Gasteiger partial charge in [-0.15, -0.1) is 0 Å². The Balaban J connectivity index is 2.29. The van der Waals surface area contributed by atoms with Crippen LogP contribution in [0.5, 0.6) is 5.75 Å². The van der Waals surface area contributed by atoms with E-state index in [1.165, 1.54) is 18.2 Å². The van der Waals surface area contributed by atoms with Gasteiger partial charge >= 0.3 is 5.97 Å². The molecule has 0 aliphatic carbocycles. The van der Waals surface area contributed by atoms with Gasteiger partial charge in [0.25, 0.3) is 0 Å². The Labute approximate surface area is 122 Å². The van der Waals surface area contributed by atoms with E-state index in [1.54, 1.807) is 14.2 Å². The number of para-hydroxylation sites is 2. The van der Waals surface area contributed by atoms with Crippen molar-refractivity contribution in [1.29, 1.82) is 0 Å². The van der Waals surface area contributed by atoms with E-state index in [0.29, 0.717) is 11.3 Å². The minimum atomic E-state index is -1.07.